The minimum atomic E-state index is 0.0859. The van der Waals surface area contributed by atoms with Gasteiger partial charge in [-0.25, -0.2) is 0 Å². The molecule has 4 heteroatoms. The van der Waals surface area contributed by atoms with Gasteiger partial charge in [0.15, 0.2) is 0 Å². The molecule has 106 valence electrons. The summed E-state index contributed by atoms with van der Waals surface area (Å²) in [6.45, 7) is 0. The van der Waals surface area contributed by atoms with Crippen LogP contribution in [-0.2, 0) is 0 Å². The minimum absolute atomic E-state index is 0.0859. The van der Waals surface area contributed by atoms with Crippen LogP contribution in [0.15, 0.2) is 59.3 Å². The molecule has 1 atom stereocenters. The SMILES string of the molecule is CNC(c1ccc(Cl)cc1Br)c1cccc2cnccc12. The average Bonchev–Trinajstić information content (AvgIpc) is 2.50. The quantitative estimate of drug-likeness (QED) is 0.713. The Hall–Kier alpha value is -1.42. The molecule has 3 aromatic rings. The number of pyridine rings is 1. The Morgan fingerprint density at radius 2 is 2.00 bits per heavy atom. The summed E-state index contributed by atoms with van der Waals surface area (Å²) in [5.74, 6) is 0. The van der Waals surface area contributed by atoms with E-state index in [1.165, 1.54) is 10.9 Å². The lowest BCUT2D eigenvalue weighted by Gasteiger charge is -2.20. The van der Waals surface area contributed by atoms with E-state index in [9.17, 15) is 0 Å². The van der Waals surface area contributed by atoms with E-state index in [0.29, 0.717) is 0 Å². The molecular weight excluding hydrogens is 348 g/mol. The Bertz CT molecular complexity index is 783. The molecule has 21 heavy (non-hydrogen) atoms. The van der Waals surface area contributed by atoms with Crippen LogP contribution in [0.25, 0.3) is 10.8 Å². The van der Waals surface area contributed by atoms with Crippen molar-refractivity contribution >= 4 is 38.3 Å². The number of nitrogens with one attached hydrogen (secondary N) is 1. The molecular formula is C17H14BrClN2. The molecule has 0 aliphatic carbocycles. The number of aromatic nitrogens is 1. The standard InChI is InChI=1S/C17H14BrClN2/c1-20-17(15-6-5-12(19)9-16(15)18)14-4-2-3-11-10-21-8-7-13(11)14/h2-10,17,20H,1H3. The molecule has 0 amide bonds. The Balaban J connectivity index is 2.18. The monoisotopic (exact) mass is 360 g/mol. The first-order valence-corrected chi connectivity index (χ1v) is 7.82. The molecule has 0 fully saturated rings. The number of fused-ring (bicyclic) bond motifs is 1. The predicted molar refractivity (Wildman–Crippen MR) is 91.8 cm³/mol. The van der Waals surface area contributed by atoms with Gasteiger partial charge < -0.3 is 5.32 Å². The highest BCUT2D eigenvalue weighted by molar-refractivity contribution is 9.10. The second kappa shape index (κ2) is 6.14. The molecule has 1 N–H and O–H groups in total. The summed E-state index contributed by atoms with van der Waals surface area (Å²) >= 11 is 9.66. The van der Waals surface area contributed by atoms with Crippen LogP contribution < -0.4 is 5.32 Å². The average molecular weight is 362 g/mol. The van der Waals surface area contributed by atoms with Gasteiger partial charge in [-0.05, 0) is 41.8 Å². The van der Waals surface area contributed by atoms with E-state index >= 15 is 0 Å². The maximum Gasteiger partial charge on any atom is 0.0591 e. The number of hydrogen-bond donors (Lipinski definition) is 1. The molecule has 1 unspecified atom stereocenters. The summed E-state index contributed by atoms with van der Waals surface area (Å²) in [7, 11) is 1.96. The summed E-state index contributed by atoms with van der Waals surface area (Å²) in [4.78, 5) is 4.19. The van der Waals surface area contributed by atoms with Crippen LogP contribution in [0.5, 0.6) is 0 Å². The molecule has 2 aromatic carbocycles. The van der Waals surface area contributed by atoms with Gasteiger partial charge in [0.25, 0.3) is 0 Å². The van der Waals surface area contributed by atoms with E-state index in [-0.39, 0.29) is 6.04 Å². The third-order valence-corrected chi connectivity index (χ3v) is 4.51. The first-order chi connectivity index (χ1) is 10.2. The van der Waals surface area contributed by atoms with Crippen molar-refractivity contribution in [1.29, 1.82) is 0 Å². The van der Waals surface area contributed by atoms with E-state index in [1.54, 1.807) is 0 Å². The van der Waals surface area contributed by atoms with Crippen LogP contribution in [0.1, 0.15) is 17.2 Å². The van der Waals surface area contributed by atoms with E-state index in [4.69, 9.17) is 11.6 Å². The lowest BCUT2D eigenvalue weighted by atomic mass is 9.94. The molecule has 0 bridgehead atoms. The van der Waals surface area contributed by atoms with Gasteiger partial charge in [0.1, 0.15) is 0 Å². The molecule has 1 heterocycles. The topological polar surface area (TPSA) is 24.9 Å². The van der Waals surface area contributed by atoms with Gasteiger partial charge in [-0.1, -0.05) is 51.8 Å². The van der Waals surface area contributed by atoms with Gasteiger partial charge in [0, 0.05) is 27.3 Å². The van der Waals surface area contributed by atoms with Crippen LogP contribution in [-0.4, -0.2) is 12.0 Å². The lowest BCUT2D eigenvalue weighted by Crippen LogP contribution is -2.18. The van der Waals surface area contributed by atoms with Gasteiger partial charge in [-0.3, -0.25) is 4.98 Å². The van der Waals surface area contributed by atoms with Crippen LogP contribution in [0, 0.1) is 0 Å². The minimum Gasteiger partial charge on any atom is -0.309 e. The Labute approximate surface area is 137 Å². The van der Waals surface area contributed by atoms with Gasteiger partial charge in [-0.2, -0.15) is 0 Å². The molecule has 2 nitrogen and oxygen atoms in total. The second-order valence-electron chi connectivity index (χ2n) is 4.83. The molecule has 0 radical (unpaired) electrons. The Kier molecular flexibility index (Phi) is 4.24. The Morgan fingerprint density at radius 1 is 1.14 bits per heavy atom. The maximum atomic E-state index is 6.05. The summed E-state index contributed by atoms with van der Waals surface area (Å²) < 4.78 is 1.00. The molecule has 0 aliphatic heterocycles. The van der Waals surface area contributed by atoms with Crippen molar-refractivity contribution in [2.45, 2.75) is 6.04 Å². The van der Waals surface area contributed by atoms with Crippen LogP contribution in [0.2, 0.25) is 5.02 Å². The zero-order chi connectivity index (χ0) is 14.8. The van der Waals surface area contributed by atoms with E-state index in [1.807, 2.05) is 37.6 Å². The summed E-state index contributed by atoms with van der Waals surface area (Å²) in [5.41, 5.74) is 2.38. The predicted octanol–water partition coefficient (Wildman–Crippen LogP) is 4.96. The van der Waals surface area contributed by atoms with Crippen molar-refractivity contribution < 1.29 is 0 Å². The zero-order valence-electron chi connectivity index (χ0n) is 11.5. The van der Waals surface area contributed by atoms with Crippen molar-refractivity contribution in [3.8, 4) is 0 Å². The zero-order valence-corrected chi connectivity index (χ0v) is 13.8. The third kappa shape index (κ3) is 2.82. The van der Waals surface area contributed by atoms with Gasteiger partial charge in [0.2, 0.25) is 0 Å². The van der Waals surface area contributed by atoms with Crippen molar-refractivity contribution in [2.75, 3.05) is 7.05 Å². The van der Waals surface area contributed by atoms with Crippen LogP contribution >= 0.6 is 27.5 Å². The number of hydrogen-bond acceptors (Lipinski definition) is 2. The smallest absolute Gasteiger partial charge is 0.0591 e. The summed E-state index contributed by atoms with van der Waals surface area (Å²) in [5, 5.41) is 6.46. The van der Waals surface area contributed by atoms with E-state index in [0.717, 1.165) is 20.4 Å². The Morgan fingerprint density at radius 3 is 2.76 bits per heavy atom. The van der Waals surface area contributed by atoms with Crippen molar-refractivity contribution in [1.82, 2.24) is 10.3 Å². The highest BCUT2D eigenvalue weighted by atomic mass is 79.9. The molecule has 3 rings (SSSR count). The molecule has 0 saturated heterocycles. The molecule has 1 aromatic heterocycles. The van der Waals surface area contributed by atoms with Crippen molar-refractivity contribution in [2.24, 2.45) is 0 Å². The normalized spacial score (nSPS) is 12.5. The van der Waals surface area contributed by atoms with Gasteiger partial charge in [-0.15, -0.1) is 0 Å². The van der Waals surface area contributed by atoms with Crippen molar-refractivity contribution in [3.05, 3.63) is 75.5 Å². The number of nitrogens with zero attached hydrogens (tertiary/aromatic N) is 1. The van der Waals surface area contributed by atoms with Crippen LogP contribution in [0.3, 0.4) is 0 Å². The van der Waals surface area contributed by atoms with Crippen LogP contribution in [0.4, 0.5) is 0 Å². The molecule has 0 aliphatic rings. The van der Waals surface area contributed by atoms with Crippen molar-refractivity contribution in [3.63, 3.8) is 0 Å². The maximum absolute atomic E-state index is 6.05. The fourth-order valence-electron chi connectivity index (χ4n) is 2.61. The first-order valence-electron chi connectivity index (χ1n) is 6.65. The summed E-state index contributed by atoms with van der Waals surface area (Å²) in [6, 6.07) is 14.3. The second-order valence-corrected chi connectivity index (χ2v) is 6.12. The lowest BCUT2D eigenvalue weighted by molar-refractivity contribution is 0.694. The summed E-state index contributed by atoms with van der Waals surface area (Å²) in [6.07, 6.45) is 3.72. The number of benzene rings is 2. The first kappa shape index (κ1) is 14.5. The highest BCUT2D eigenvalue weighted by Crippen LogP contribution is 2.33. The van der Waals surface area contributed by atoms with E-state index < -0.39 is 0 Å². The number of rotatable bonds is 3. The third-order valence-electron chi connectivity index (χ3n) is 3.59. The van der Waals surface area contributed by atoms with Gasteiger partial charge in [0.05, 0.1) is 6.04 Å². The fraction of sp³-hybridized carbons (Fsp3) is 0.118. The molecule has 0 saturated carbocycles. The largest absolute Gasteiger partial charge is 0.309 e. The van der Waals surface area contributed by atoms with E-state index in [2.05, 4.69) is 50.5 Å². The fourth-order valence-corrected chi connectivity index (χ4v) is 3.53. The molecule has 0 spiro atoms. The highest BCUT2D eigenvalue weighted by Gasteiger charge is 2.17. The number of halogens is 2. The van der Waals surface area contributed by atoms with Gasteiger partial charge >= 0.3 is 0 Å².